The Balaban J connectivity index is 1.27. The summed E-state index contributed by atoms with van der Waals surface area (Å²) < 4.78 is 5.60. The number of benzene rings is 3. The molecule has 0 aliphatic carbocycles. The van der Waals surface area contributed by atoms with Gasteiger partial charge in [0.1, 0.15) is 5.75 Å². The van der Waals surface area contributed by atoms with Crippen LogP contribution in [0.15, 0.2) is 66.7 Å². The molecule has 0 unspecified atom stereocenters. The van der Waals surface area contributed by atoms with Crippen molar-refractivity contribution in [3.8, 4) is 5.75 Å². The molecule has 186 valence electrons. The van der Waals surface area contributed by atoms with Gasteiger partial charge in [-0.2, -0.15) is 0 Å². The Morgan fingerprint density at radius 3 is 2.33 bits per heavy atom. The van der Waals surface area contributed by atoms with Gasteiger partial charge < -0.3 is 20.3 Å². The van der Waals surface area contributed by atoms with Gasteiger partial charge in [0, 0.05) is 35.9 Å². The second-order valence-corrected chi connectivity index (χ2v) is 9.39. The highest BCUT2D eigenvalue weighted by atomic mass is 35.5. The summed E-state index contributed by atoms with van der Waals surface area (Å²) >= 11 is 5.89. The van der Waals surface area contributed by atoms with Gasteiger partial charge in [0.05, 0.1) is 5.92 Å². The van der Waals surface area contributed by atoms with Crippen molar-refractivity contribution < 1.29 is 19.1 Å². The van der Waals surface area contributed by atoms with E-state index >= 15 is 0 Å². The number of hydrogen-bond donors (Lipinski definition) is 2. The molecule has 3 aromatic rings. The summed E-state index contributed by atoms with van der Waals surface area (Å²) in [6, 6.07) is 20.0. The van der Waals surface area contributed by atoms with E-state index in [1.165, 1.54) is 0 Å². The van der Waals surface area contributed by atoms with Crippen LogP contribution in [-0.2, 0) is 20.9 Å². The number of ether oxygens (including phenoxy) is 1. The normalized spacial score (nSPS) is 15.0. The molecule has 0 bridgehead atoms. The number of hydrogen-bond acceptors (Lipinski definition) is 4. The van der Waals surface area contributed by atoms with Gasteiger partial charge in [-0.15, -0.1) is 0 Å². The summed E-state index contributed by atoms with van der Waals surface area (Å²) in [5.41, 5.74) is 4.49. The molecule has 1 aliphatic heterocycles. The van der Waals surface area contributed by atoms with Gasteiger partial charge >= 0.3 is 0 Å². The van der Waals surface area contributed by atoms with Gasteiger partial charge in [-0.05, 0) is 79.1 Å². The average molecular weight is 506 g/mol. The Hall–Kier alpha value is -3.84. The van der Waals surface area contributed by atoms with E-state index in [9.17, 15) is 14.4 Å². The third-order valence-corrected chi connectivity index (χ3v) is 6.15. The Morgan fingerprint density at radius 1 is 1.00 bits per heavy atom. The predicted molar refractivity (Wildman–Crippen MR) is 140 cm³/mol. The molecule has 1 heterocycles. The quantitative estimate of drug-likeness (QED) is 0.466. The first-order valence-electron chi connectivity index (χ1n) is 11.7. The van der Waals surface area contributed by atoms with Gasteiger partial charge in [0.15, 0.2) is 6.61 Å². The highest BCUT2D eigenvalue weighted by Gasteiger charge is 2.35. The largest absolute Gasteiger partial charge is 0.484 e. The highest BCUT2D eigenvalue weighted by Crippen LogP contribution is 2.27. The number of aryl methyl sites for hydroxylation is 2. The highest BCUT2D eigenvalue weighted by molar-refractivity contribution is 6.30. The van der Waals surface area contributed by atoms with Crippen molar-refractivity contribution in [1.29, 1.82) is 0 Å². The molecule has 4 rings (SSSR count). The topological polar surface area (TPSA) is 87.7 Å². The fourth-order valence-corrected chi connectivity index (χ4v) is 4.31. The number of carbonyl (C=O) groups is 3. The first-order chi connectivity index (χ1) is 17.3. The molecule has 2 N–H and O–H groups in total. The second-order valence-electron chi connectivity index (χ2n) is 8.96. The molecule has 0 spiro atoms. The van der Waals surface area contributed by atoms with Gasteiger partial charge in [-0.25, -0.2) is 0 Å². The smallest absolute Gasteiger partial charge is 0.262 e. The van der Waals surface area contributed by atoms with Crippen LogP contribution in [0.1, 0.15) is 23.1 Å². The number of rotatable bonds is 8. The lowest BCUT2D eigenvalue weighted by Crippen LogP contribution is -2.32. The van der Waals surface area contributed by atoms with E-state index in [0.29, 0.717) is 29.5 Å². The van der Waals surface area contributed by atoms with E-state index in [-0.39, 0.29) is 30.7 Å². The molecule has 36 heavy (non-hydrogen) atoms. The number of anilines is 2. The third-order valence-electron chi connectivity index (χ3n) is 5.90. The van der Waals surface area contributed by atoms with Crippen LogP contribution in [0.25, 0.3) is 0 Å². The molecule has 1 saturated heterocycles. The minimum Gasteiger partial charge on any atom is -0.484 e. The third kappa shape index (κ3) is 6.64. The molecule has 0 aromatic heterocycles. The average Bonchev–Trinajstić information content (AvgIpc) is 3.23. The molecule has 3 aromatic carbocycles. The molecule has 1 atom stereocenters. The second kappa shape index (κ2) is 11.3. The van der Waals surface area contributed by atoms with Crippen molar-refractivity contribution in [2.24, 2.45) is 5.92 Å². The Kier molecular flexibility index (Phi) is 7.90. The first-order valence-corrected chi connectivity index (χ1v) is 12.1. The Bertz CT molecular complexity index is 1240. The molecule has 3 amide bonds. The molecule has 1 aliphatic rings. The first kappa shape index (κ1) is 25.3. The summed E-state index contributed by atoms with van der Waals surface area (Å²) in [7, 11) is 0. The fraction of sp³-hybridized carbons (Fsp3) is 0.250. The lowest BCUT2D eigenvalue weighted by atomic mass is 10.1. The van der Waals surface area contributed by atoms with Crippen molar-refractivity contribution in [2.75, 3.05) is 23.4 Å². The van der Waals surface area contributed by atoms with Gasteiger partial charge in [-0.1, -0.05) is 29.8 Å². The zero-order valence-electron chi connectivity index (χ0n) is 20.2. The standard InChI is InChI=1S/C28H28ClN3O4/c1-18-11-19(2)13-23(12-18)31-26(33)17-36-25-9-7-24(8-10-25)32-16-21(14-27(32)34)28(35)30-15-20-3-5-22(29)6-4-20/h3-13,21H,14-17H2,1-2H3,(H,30,35)(H,31,33)/t21-/m0/s1. The van der Waals surface area contributed by atoms with Crippen molar-refractivity contribution in [2.45, 2.75) is 26.8 Å². The molecular formula is C28H28ClN3O4. The van der Waals surface area contributed by atoms with Crippen molar-refractivity contribution in [3.05, 3.63) is 88.4 Å². The van der Waals surface area contributed by atoms with Crippen molar-refractivity contribution >= 4 is 40.7 Å². The fourth-order valence-electron chi connectivity index (χ4n) is 4.18. The zero-order valence-corrected chi connectivity index (χ0v) is 21.0. The van der Waals surface area contributed by atoms with E-state index in [1.807, 2.05) is 44.2 Å². The number of nitrogens with one attached hydrogen (secondary N) is 2. The molecule has 7 nitrogen and oxygen atoms in total. The molecule has 1 fully saturated rings. The van der Waals surface area contributed by atoms with Crippen LogP contribution in [0.4, 0.5) is 11.4 Å². The maximum Gasteiger partial charge on any atom is 0.262 e. The molecule has 0 radical (unpaired) electrons. The summed E-state index contributed by atoms with van der Waals surface area (Å²) in [6.07, 6.45) is 0.156. The number of nitrogens with zero attached hydrogens (tertiary/aromatic N) is 1. The molecule has 8 heteroatoms. The molecule has 0 saturated carbocycles. The van der Waals surface area contributed by atoms with E-state index < -0.39 is 5.92 Å². The lowest BCUT2D eigenvalue weighted by Gasteiger charge is -2.17. The summed E-state index contributed by atoms with van der Waals surface area (Å²) in [5.74, 6) is -0.433. The minimum atomic E-state index is -0.422. The van der Waals surface area contributed by atoms with Crippen LogP contribution < -0.4 is 20.3 Å². The van der Waals surface area contributed by atoms with Gasteiger partial charge in [0.2, 0.25) is 11.8 Å². The van der Waals surface area contributed by atoms with Crippen LogP contribution >= 0.6 is 11.6 Å². The number of carbonyl (C=O) groups excluding carboxylic acids is 3. The van der Waals surface area contributed by atoms with Crippen molar-refractivity contribution in [3.63, 3.8) is 0 Å². The maximum absolute atomic E-state index is 12.6. The van der Waals surface area contributed by atoms with E-state index in [0.717, 1.165) is 22.4 Å². The zero-order chi connectivity index (χ0) is 25.7. The van der Waals surface area contributed by atoms with E-state index in [2.05, 4.69) is 10.6 Å². The predicted octanol–water partition coefficient (Wildman–Crippen LogP) is 4.64. The van der Waals surface area contributed by atoms with Crippen LogP contribution in [0, 0.1) is 19.8 Å². The Morgan fingerprint density at radius 2 is 1.67 bits per heavy atom. The summed E-state index contributed by atoms with van der Waals surface area (Å²) in [6.45, 7) is 4.50. The van der Waals surface area contributed by atoms with E-state index in [1.54, 1.807) is 41.3 Å². The monoisotopic (exact) mass is 505 g/mol. The molecular weight excluding hydrogens is 478 g/mol. The van der Waals surface area contributed by atoms with Crippen LogP contribution in [0.5, 0.6) is 5.75 Å². The van der Waals surface area contributed by atoms with Crippen molar-refractivity contribution in [1.82, 2.24) is 5.32 Å². The van der Waals surface area contributed by atoms with E-state index in [4.69, 9.17) is 16.3 Å². The summed E-state index contributed by atoms with van der Waals surface area (Å²) in [5, 5.41) is 6.37. The summed E-state index contributed by atoms with van der Waals surface area (Å²) in [4.78, 5) is 39.0. The van der Waals surface area contributed by atoms with Gasteiger partial charge in [0.25, 0.3) is 5.91 Å². The minimum absolute atomic E-state index is 0.108. The lowest BCUT2D eigenvalue weighted by molar-refractivity contribution is -0.126. The van der Waals surface area contributed by atoms with Crippen LogP contribution in [0.2, 0.25) is 5.02 Å². The van der Waals surface area contributed by atoms with Crippen LogP contribution in [-0.4, -0.2) is 30.9 Å². The number of amides is 3. The maximum atomic E-state index is 12.6. The number of halogens is 1. The van der Waals surface area contributed by atoms with Gasteiger partial charge in [-0.3, -0.25) is 14.4 Å². The SMILES string of the molecule is Cc1cc(C)cc(NC(=O)COc2ccc(N3C[C@@H](C(=O)NCc4ccc(Cl)cc4)CC3=O)cc2)c1. The Labute approximate surface area is 215 Å². The van der Waals surface area contributed by atoms with Crippen LogP contribution in [0.3, 0.4) is 0 Å².